The molecule has 1 aromatic carbocycles. The van der Waals surface area contributed by atoms with Crippen molar-refractivity contribution in [3.05, 3.63) is 42.0 Å². The molecule has 3 aliphatic heterocycles. The second-order valence-electron chi connectivity index (χ2n) is 10.1. The number of ether oxygens (including phenoxy) is 1. The molecule has 3 fully saturated rings. The maximum atomic E-state index is 14.4. The number of carbonyl (C=O) groups is 3. The summed E-state index contributed by atoms with van der Waals surface area (Å²) in [6.45, 7) is 12.4. The molecule has 2 bridgehead atoms. The van der Waals surface area contributed by atoms with E-state index < -0.39 is 27.4 Å². The monoisotopic (exact) mass is 500 g/mol. The first-order valence-corrected chi connectivity index (χ1v) is 13.2. The van der Waals surface area contributed by atoms with E-state index in [9.17, 15) is 19.5 Å². The lowest BCUT2D eigenvalue weighted by atomic mass is 9.66. The maximum Gasteiger partial charge on any atom is 0.311 e. The largest absolute Gasteiger partial charge is 0.466 e. The van der Waals surface area contributed by atoms with Crippen molar-refractivity contribution >= 4 is 35.2 Å². The average molecular weight is 501 g/mol. The molecule has 0 aliphatic carbocycles. The zero-order valence-electron chi connectivity index (χ0n) is 21.1. The summed E-state index contributed by atoms with van der Waals surface area (Å²) in [6, 6.07) is 5.27. The predicted molar refractivity (Wildman–Crippen MR) is 137 cm³/mol. The summed E-state index contributed by atoms with van der Waals surface area (Å²) in [7, 11) is 0. The number of amides is 2. The lowest BCUT2D eigenvalue weighted by Crippen LogP contribution is -2.55. The number of aliphatic hydroxyl groups is 1. The van der Waals surface area contributed by atoms with E-state index in [0.717, 1.165) is 23.2 Å². The van der Waals surface area contributed by atoms with Crippen LogP contribution in [0.4, 0.5) is 5.69 Å². The van der Waals surface area contributed by atoms with Gasteiger partial charge in [0.25, 0.3) is 5.91 Å². The Morgan fingerprint density at radius 3 is 2.74 bits per heavy atom. The van der Waals surface area contributed by atoms with Gasteiger partial charge in [0.2, 0.25) is 5.91 Å². The molecule has 3 saturated heterocycles. The summed E-state index contributed by atoms with van der Waals surface area (Å²) in [5.41, 5.74) is 2.80. The molecule has 4 rings (SSSR count). The molecule has 0 radical (unpaired) electrons. The van der Waals surface area contributed by atoms with Crippen molar-refractivity contribution in [3.8, 4) is 0 Å². The van der Waals surface area contributed by atoms with E-state index >= 15 is 0 Å². The van der Waals surface area contributed by atoms with Gasteiger partial charge in [0.05, 0.1) is 23.2 Å². The molecule has 190 valence electrons. The summed E-state index contributed by atoms with van der Waals surface area (Å²) >= 11 is 1.63. The van der Waals surface area contributed by atoms with E-state index in [1.165, 1.54) is 0 Å². The minimum Gasteiger partial charge on any atom is -0.466 e. The Morgan fingerprint density at radius 2 is 2.09 bits per heavy atom. The van der Waals surface area contributed by atoms with Gasteiger partial charge in [0.1, 0.15) is 6.04 Å². The molecular formula is C27H36N2O5S. The maximum absolute atomic E-state index is 14.4. The van der Waals surface area contributed by atoms with Crippen LogP contribution in [0, 0.1) is 25.7 Å². The van der Waals surface area contributed by atoms with Crippen molar-refractivity contribution in [2.24, 2.45) is 11.8 Å². The standard InChI is InChI=1S/C27H36N2O5S/c1-6-13-28(19-16-17(3)9-10-18(19)4)24(32)22-27-12-11-26(5,35-27)21(25(33)34-7-2)20(27)23(31)29(22)14-8-15-30/h6,9-10,16,20-22,30H,1,7-8,11-15H2,2-5H3/t20-,21-,22?,26+,27?/m0/s1. The highest BCUT2D eigenvalue weighted by Crippen LogP contribution is 2.71. The van der Waals surface area contributed by atoms with Crippen LogP contribution in [0.1, 0.15) is 44.2 Å². The minimum absolute atomic E-state index is 0.0815. The van der Waals surface area contributed by atoms with E-state index in [2.05, 4.69) is 6.58 Å². The number of likely N-dealkylation sites (tertiary alicyclic amines) is 1. The number of nitrogens with zero attached hydrogens (tertiary/aromatic N) is 2. The Labute approximate surface area is 211 Å². The van der Waals surface area contributed by atoms with Crippen LogP contribution in [0.15, 0.2) is 30.9 Å². The molecule has 0 saturated carbocycles. The van der Waals surface area contributed by atoms with Gasteiger partial charge in [-0.1, -0.05) is 18.2 Å². The van der Waals surface area contributed by atoms with E-state index in [1.807, 2.05) is 39.0 Å². The first-order valence-electron chi connectivity index (χ1n) is 12.4. The first kappa shape index (κ1) is 25.8. The summed E-state index contributed by atoms with van der Waals surface area (Å²) < 4.78 is 4.27. The molecule has 2 unspecified atom stereocenters. The molecule has 1 spiro atoms. The number of anilines is 1. The number of thioether (sulfide) groups is 1. The number of rotatable bonds is 9. The summed E-state index contributed by atoms with van der Waals surface area (Å²) in [5, 5.41) is 9.53. The minimum atomic E-state index is -0.724. The van der Waals surface area contributed by atoms with E-state index in [-0.39, 0.29) is 37.5 Å². The summed E-state index contributed by atoms with van der Waals surface area (Å²) in [5.74, 6) is -1.88. The van der Waals surface area contributed by atoms with Gasteiger partial charge in [-0.3, -0.25) is 14.4 Å². The van der Waals surface area contributed by atoms with Crippen LogP contribution in [0.3, 0.4) is 0 Å². The van der Waals surface area contributed by atoms with Gasteiger partial charge in [-0.25, -0.2) is 0 Å². The third-order valence-electron chi connectivity index (χ3n) is 7.84. The highest BCUT2D eigenvalue weighted by Gasteiger charge is 2.77. The fourth-order valence-electron chi connectivity index (χ4n) is 6.37. The van der Waals surface area contributed by atoms with Crippen LogP contribution >= 0.6 is 11.8 Å². The van der Waals surface area contributed by atoms with Crippen molar-refractivity contribution < 1.29 is 24.2 Å². The van der Waals surface area contributed by atoms with Crippen LogP contribution in [0.25, 0.3) is 0 Å². The summed E-state index contributed by atoms with van der Waals surface area (Å²) in [4.78, 5) is 44.8. The Balaban J connectivity index is 1.81. The van der Waals surface area contributed by atoms with Gasteiger partial charge in [0.15, 0.2) is 0 Å². The molecule has 1 aromatic rings. The number of benzene rings is 1. The van der Waals surface area contributed by atoms with Gasteiger partial charge >= 0.3 is 5.97 Å². The number of aliphatic hydroxyl groups excluding tert-OH is 1. The van der Waals surface area contributed by atoms with Crippen LogP contribution in [0.2, 0.25) is 0 Å². The van der Waals surface area contributed by atoms with Crippen molar-refractivity contribution in [1.29, 1.82) is 0 Å². The molecular weight excluding hydrogens is 464 g/mol. The first-order chi connectivity index (χ1) is 16.6. The van der Waals surface area contributed by atoms with E-state index in [0.29, 0.717) is 19.4 Å². The molecule has 8 heteroatoms. The number of aryl methyl sites for hydroxylation is 2. The number of hydrogen-bond acceptors (Lipinski definition) is 6. The third-order valence-corrected chi connectivity index (χ3v) is 9.83. The lowest BCUT2D eigenvalue weighted by Gasteiger charge is -2.37. The predicted octanol–water partition coefficient (Wildman–Crippen LogP) is 3.25. The SMILES string of the molecule is C=CCN(C(=O)C1N(CCCO)C(=O)[C@@H]2[C@@H](C(=O)OCC)[C@@]3(C)CCC12S3)c1cc(C)ccc1C. The highest BCUT2D eigenvalue weighted by atomic mass is 32.2. The molecule has 7 nitrogen and oxygen atoms in total. The second kappa shape index (κ2) is 9.62. The number of esters is 1. The zero-order valence-corrected chi connectivity index (χ0v) is 21.9. The van der Waals surface area contributed by atoms with Crippen LogP contribution in [-0.2, 0) is 19.1 Å². The zero-order chi connectivity index (χ0) is 25.5. The third kappa shape index (κ3) is 3.99. The van der Waals surface area contributed by atoms with Gasteiger partial charge in [-0.05, 0) is 64.2 Å². The van der Waals surface area contributed by atoms with E-state index in [4.69, 9.17) is 4.74 Å². The fraction of sp³-hybridized carbons (Fsp3) is 0.593. The highest BCUT2D eigenvalue weighted by molar-refractivity contribution is 8.02. The Morgan fingerprint density at radius 1 is 1.34 bits per heavy atom. The molecule has 3 heterocycles. The molecule has 0 aromatic heterocycles. The Bertz CT molecular complexity index is 1040. The quantitative estimate of drug-likeness (QED) is 0.414. The Kier molecular flexibility index (Phi) is 7.08. The summed E-state index contributed by atoms with van der Waals surface area (Å²) in [6.07, 6.45) is 3.50. The smallest absolute Gasteiger partial charge is 0.311 e. The van der Waals surface area contributed by atoms with Crippen LogP contribution in [-0.4, -0.2) is 69.6 Å². The van der Waals surface area contributed by atoms with Gasteiger partial charge in [0, 0.05) is 30.1 Å². The van der Waals surface area contributed by atoms with Gasteiger partial charge in [-0.2, -0.15) is 0 Å². The topological polar surface area (TPSA) is 87.2 Å². The Hall–Kier alpha value is -2.32. The number of fused-ring (bicyclic) bond motifs is 1. The van der Waals surface area contributed by atoms with E-state index in [1.54, 1.807) is 34.6 Å². The van der Waals surface area contributed by atoms with Gasteiger partial charge in [-0.15, -0.1) is 18.3 Å². The van der Waals surface area contributed by atoms with Crippen LogP contribution < -0.4 is 4.90 Å². The molecule has 35 heavy (non-hydrogen) atoms. The van der Waals surface area contributed by atoms with Crippen molar-refractivity contribution in [2.75, 3.05) is 31.2 Å². The number of carbonyl (C=O) groups excluding carboxylic acids is 3. The van der Waals surface area contributed by atoms with Crippen molar-refractivity contribution in [1.82, 2.24) is 4.90 Å². The van der Waals surface area contributed by atoms with Gasteiger partial charge < -0.3 is 19.6 Å². The molecule has 1 N–H and O–H groups in total. The molecule has 2 amide bonds. The molecule has 3 aliphatic rings. The second-order valence-corrected chi connectivity index (χ2v) is 12.0. The number of hydrogen-bond donors (Lipinski definition) is 1. The lowest BCUT2D eigenvalue weighted by molar-refractivity contribution is -0.155. The van der Waals surface area contributed by atoms with Crippen LogP contribution in [0.5, 0.6) is 0 Å². The van der Waals surface area contributed by atoms with Crippen molar-refractivity contribution in [3.63, 3.8) is 0 Å². The normalized spacial score (nSPS) is 30.9. The fourth-order valence-corrected chi connectivity index (χ4v) is 8.71. The van der Waals surface area contributed by atoms with Crippen molar-refractivity contribution in [2.45, 2.75) is 62.5 Å². The molecule has 5 atom stereocenters. The average Bonchev–Trinajstić information content (AvgIpc) is 3.38.